The van der Waals surface area contributed by atoms with Crippen LogP contribution in [0.2, 0.25) is 0 Å². The van der Waals surface area contributed by atoms with Gasteiger partial charge in [0.1, 0.15) is 12.4 Å². The molecule has 0 aliphatic rings. The highest BCUT2D eigenvalue weighted by atomic mass is 16.5. The van der Waals surface area contributed by atoms with Gasteiger partial charge < -0.3 is 9.64 Å². The predicted octanol–water partition coefficient (Wildman–Crippen LogP) is 3.06. The van der Waals surface area contributed by atoms with Crippen LogP contribution in [0, 0.1) is 6.92 Å². The largest absolute Gasteiger partial charge is 0.491 e. The summed E-state index contributed by atoms with van der Waals surface area (Å²) < 4.78 is 9.19. The van der Waals surface area contributed by atoms with Gasteiger partial charge in [0.2, 0.25) is 5.91 Å². The van der Waals surface area contributed by atoms with Crippen molar-refractivity contribution >= 4 is 16.9 Å². The van der Waals surface area contributed by atoms with Crippen molar-refractivity contribution in [2.24, 2.45) is 0 Å². The molecule has 0 unspecified atom stereocenters. The Morgan fingerprint density at radius 1 is 1.04 bits per heavy atom. The van der Waals surface area contributed by atoms with Crippen molar-refractivity contribution in [2.75, 3.05) is 20.2 Å². The van der Waals surface area contributed by atoms with Gasteiger partial charge in [-0.15, -0.1) is 0 Å². The number of rotatable bonds is 8. The Morgan fingerprint density at radius 2 is 1.68 bits per heavy atom. The maximum atomic E-state index is 12.6. The number of ether oxygens (including phenoxy) is 1. The summed E-state index contributed by atoms with van der Waals surface area (Å²) in [4.78, 5) is 26.8. The summed E-state index contributed by atoms with van der Waals surface area (Å²) in [5.41, 5.74) is 2.78. The van der Waals surface area contributed by atoms with E-state index in [1.165, 1.54) is 0 Å². The summed E-state index contributed by atoms with van der Waals surface area (Å²) in [6, 6.07) is 15.5. The van der Waals surface area contributed by atoms with Crippen LogP contribution in [0.4, 0.5) is 0 Å². The van der Waals surface area contributed by atoms with Gasteiger partial charge in [0, 0.05) is 26.6 Å². The smallest absolute Gasteiger partial charge is 0.329 e. The van der Waals surface area contributed by atoms with E-state index >= 15 is 0 Å². The molecule has 0 spiro atoms. The molecule has 0 radical (unpaired) electrons. The number of aromatic nitrogens is 2. The highest BCUT2D eigenvalue weighted by molar-refractivity contribution is 5.78. The first-order valence-electron chi connectivity index (χ1n) is 9.63. The third kappa shape index (κ3) is 4.11. The molecule has 0 N–H and O–H groups in total. The number of hydrogen-bond acceptors (Lipinski definition) is 3. The van der Waals surface area contributed by atoms with Crippen molar-refractivity contribution in [1.29, 1.82) is 0 Å². The molecular formula is C22H27N3O3. The second-order valence-corrected chi connectivity index (χ2v) is 6.85. The van der Waals surface area contributed by atoms with Gasteiger partial charge in [-0.2, -0.15) is 0 Å². The average molecular weight is 381 g/mol. The van der Waals surface area contributed by atoms with Crippen LogP contribution in [0.25, 0.3) is 11.0 Å². The molecule has 0 aliphatic carbocycles. The zero-order chi connectivity index (χ0) is 20.1. The minimum Gasteiger partial charge on any atom is -0.491 e. The minimum absolute atomic E-state index is 0.00591. The number of carbonyl (C=O) groups excluding carboxylic acids is 1. The molecule has 1 aromatic heterocycles. The highest BCUT2D eigenvalue weighted by Gasteiger charge is 2.14. The van der Waals surface area contributed by atoms with E-state index < -0.39 is 0 Å². The quantitative estimate of drug-likeness (QED) is 0.603. The molecule has 28 heavy (non-hydrogen) atoms. The van der Waals surface area contributed by atoms with Crippen LogP contribution in [0.5, 0.6) is 5.75 Å². The summed E-state index contributed by atoms with van der Waals surface area (Å²) in [5, 5.41) is 0. The van der Waals surface area contributed by atoms with Crippen LogP contribution in [-0.4, -0.2) is 40.1 Å². The van der Waals surface area contributed by atoms with E-state index in [9.17, 15) is 9.59 Å². The number of imidazole rings is 1. The topological polar surface area (TPSA) is 56.5 Å². The number of carbonyl (C=O) groups is 1. The Balaban J connectivity index is 1.58. The Hall–Kier alpha value is -3.02. The first-order valence-corrected chi connectivity index (χ1v) is 9.63. The van der Waals surface area contributed by atoms with Crippen LogP contribution in [0.3, 0.4) is 0 Å². The van der Waals surface area contributed by atoms with E-state index in [1.807, 2.05) is 62.4 Å². The van der Waals surface area contributed by atoms with E-state index in [2.05, 4.69) is 0 Å². The first-order chi connectivity index (χ1) is 13.5. The number of para-hydroxylation sites is 3. The van der Waals surface area contributed by atoms with Crippen molar-refractivity contribution in [3.8, 4) is 5.75 Å². The van der Waals surface area contributed by atoms with Gasteiger partial charge >= 0.3 is 5.69 Å². The van der Waals surface area contributed by atoms with E-state index in [4.69, 9.17) is 4.74 Å². The van der Waals surface area contributed by atoms with Crippen molar-refractivity contribution in [1.82, 2.24) is 14.0 Å². The molecule has 1 amide bonds. The van der Waals surface area contributed by atoms with Crippen molar-refractivity contribution in [3.05, 3.63) is 64.6 Å². The van der Waals surface area contributed by atoms with Gasteiger partial charge in [-0.25, -0.2) is 4.79 Å². The van der Waals surface area contributed by atoms with Gasteiger partial charge in [0.15, 0.2) is 0 Å². The summed E-state index contributed by atoms with van der Waals surface area (Å²) in [5.74, 6) is 0.830. The maximum Gasteiger partial charge on any atom is 0.329 e. The molecule has 2 aromatic carbocycles. The fraction of sp³-hybridized carbons (Fsp3) is 0.364. The molecule has 0 fully saturated rings. The second-order valence-electron chi connectivity index (χ2n) is 6.85. The van der Waals surface area contributed by atoms with Crippen LogP contribution in [0.15, 0.2) is 53.3 Å². The monoisotopic (exact) mass is 381 g/mol. The number of fused-ring (bicyclic) bond motifs is 1. The molecule has 0 saturated heterocycles. The molecule has 1 heterocycles. The van der Waals surface area contributed by atoms with E-state index in [0.29, 0.717) is 26.2 Å². The third-order valence-electron chi connectivity index (χ3n) is 4.99. The number of nitrogens with zero attached hydrogens (tertiary/aromatic N) is 3. The number of hydrogen-bond donors (Lipinski definition) is 0. The summed E-state index contributed by atoms with van der Waals surface area (Å²) in [6.07, 6.45) is 0.276. The van der Waals surface area contributed by atoms with Crippen LogP contribution < -0.4 is 10.4 Å². The van der Waals surface area contributed by atoms with E-state index in [0.717, 1.165) is 22.3 Å². The van der Waals surface area contributed by atoms with E-state index in [-0.39, 0.29) is 18.0 Å². The molecule has 3 rings (SSSR count). The summed E-state index contributed by atoms with van der Waals surface area (Å²) in [6.45, 7) is 5.85. The lowest BCUT2D eigenvalue weighted by Crippen LogP contribution is -2.32. The summed E-state index contributed by atoms with van der Waals surface area (Å²) >= 11 is 0. The molecule has 0 aliphatic heterocycles. The Labute approximate surface area is 164 Å². The maximum absolute atomic E-state index is 12.6. The molecule has 6 heteroatoms. The van der Waals surface area contributed by atoms with E-state index in [1.54, 1.807) is 21.1 Å². The number of amides is 1. The van der Waals surface area contributed by atoms with Gasteiger partial charge in [-0.05, 0) is 37.6 Å². The van der Waals surface area contributed by atoms with Crippen molar-refractivity contribution < 1.29 is 9.53 Å². The van der Waals surface area contributed by atoms with Crippen molar-refractivity contribution in [3.63, 3.8) is 0 Å². The average Bonchev–Trinajstić information content (AvgIpc) is 2.98. The highest BCUT2D eigenvalue weighted by Crippen LogP contribution is 2.16. The fourth-order valence-electron chi connectivity index (χ4n) is 3.33. The second kappa shape index (κ2) is 8.78. The summed E-state index contributed by atoms with van der Waals surface area (Å²) in [7, 11) is 1.77. The number of aryl methyl sites for hydroxylation is 3. The standard InChI is InChI=1S/C22H27N3O3/c1-4-24-18-10-6-7-11-19(18)25(22(24)27)14-13-21(26)23(3)15-16-28-20-12-8-5-9-17(20)2/h5-12H,4,13-16H2,1-3H3. The third-order valence-corrected chi connectivity index (χ3v) is 4.99. The molecule has 0 atom stereocenters. The molecule has 0 bridgehead atoms. The SMILES string of the molecule is CCn1c(=O)n(CCC(=O)N(C)CCOc2ccccc2C)c2ccccc21. The molecule has 6 nitrogen and oxygen atoms in total. The van der Waals surface area contributed by atoms with Gasteiger partial charge in [0.25, 0.3) is 0 Å². The fourth-order valence-corrected chi connectivity index (χ4v) is 3.33. The Bertz CT molecular complexity index is 1020. The Morgan fingerprint density at radius 3 is 2.36 bits per heavy atom. The molecule has 0 saturated carbocycles. The molecular weight excluding hydrogens is 354 g/mol. The lowest BCUT2D eigenvalue weighted by atomic mass is 10.2. The predicted molar refractivity (Wildman–Crippen MR) is 111 cm³/mol. The van der Waals surface area contributed by atoms with Crippen LogP contribution in [0.1, 0.15) is 18.9 Å². The zero-order valence-corrected chi connectivity index (χ0v) is 16.7. The molecule has 3 aromatic rings. The zero-order valence-electron chi connectivity index (χ0n) is 16.7. The Kier molecular flexibility index (Phi) is 6.19. The molecule has 148 valence electrons. The normalized spacial score (nSPS) is 11.0. The lowest BCUT2D eigenvalue weighted by molar-refractivity contribution is -0.130. The van der Waals surface area contributed by atoms with Gasteiger partial charge in [-0.3, -0.25) is 13.9 Å². The van der Waals surface area contributed by atoms with Crippen molar-refractivity contribution in [2.45, 2.75) is 33.4 Å². The first kappa shape index (κ1) is 19.7. The number of benzene rings is 2. The minimum atomic E-state index is -0.0676. The number of likely N-dealkylation sites (N-methyl/N-ethyl adjacent to an activating group) is 1. The lowest BCUT2D eigenvalue weighted by Gasteiger charge is -2.18. The van der Waals surface area contributed by atoms with Gasteiger partial charge in [-0.1, -0.05) is 30.3 Å². The van der Waals surface area contributed by atoms with Crippen LogP contribution >= 0.6 is 0 Å². The van der Waals surface area contributed by atoms with Gasteiger partial charge in [0.05, 0.1) is 17.6 Å². The van der Waals surface area contributed by atoms with Crippen LogP contribution in [-0.2, 0) is 17.9 Å².